The number of rotatable bonds is 6. The second kappa shape index (κ2) is 6.36. The Hall–Kier alpha value is -2.12. The maximum Gasteiger partial charge on any atom is 0.258 e. The Morgan fingerprint density at radius 2 is 1.95 bits per heavy atom. The number of benzene rings is 1. The highest BCUT2D eigenvalue weighted by molar-refractivity contribution is 5.59. The van der Waals surface area contributed by atoms with Crippen molar-refractivity contribution in [1.29, 1.82) is 0 Å². The molecule has 1 heterocycles. The number of nitrogens with zero attached hydrogens (tertiary/aromatic N) is 2. The van der Waals surface area contributed by atoms with Crippen molar-refractivity contribution in [3.8, 4) is 23.0 Å². The molecule has 2 aromatic rings. The van der Waals surface area contributed by atoms with E-state index in [1.54, 1.807) is 39.5 Å². The molecule has 0 fully saturated rings. The van der Waals surface area contributed by atoms with Crippen LogP contribution in [0.15, 0.2) is 22.7 Å². The largest absolute Gasteiger partial charge is 0.493 e. The van der Waals surface area contributed by atoms with Crippen molar-refractivity contribution in [2.75, 3.05) is 27.9 Å². The van der Waals surface area contributed by atoms with Crippen molar-refractivity contribution in [3.05, 3.63) is 24.0 Å². The quantitative estimate of drug-likeness (QED) is 0.854. The van der Waals surface area contributed by atoms with E-state index in [2.05, 4.69) is 10.1 Å². The van der Waals surface area contributed by atoms with Gasteiger partial charge < -0.3 is 24.5 Å². The van der Waals surface area contributed by atoms with Crippen LogP contribution in [-0.2, 0) is 4.74 Å². The van der Waals surface area contributed by atoms with Crippen LogP contribution in [0.3, 0.4) is 0 Å². The van der Waals surface area contributed by atoms with Gasteiger partial charge in [0, 0.05) is 12.7 Å². The molecule has 2 N–H and O–H groups in total. The topological polar surface area (TPSA) is 92.6 Å². The minimum absolute atomic E-state index is 0.324. The van der Waals surface area contributed by atoms with Crippen LogP contribution in [0.5, 0.6) is 11.5 Å². The van der Waals surface area contributed by atoms with Gasteiger partial charge in [-0.2, -0.15) is 4.98 Å². The van der Waals surface area contributed by atoms with Crippen LogP contribution >= 0.6 is 0 Å². The van der Waals surface area contributed by atoms with E-state index in [-0.39, 0.29) is 0 Å². The summed E-state index contributed by atoms with van der Waals surface area (Å²) in [5.74, 6) is 1.99. The van der Waals surface area contributed by atoms with Gasteiger partial charge in [-0.25, -0.2) is 0 Å². The number of hydrogen-bond donors (Lipinski definition) is 1. The molecule has 1 atom stereocenters. The predicted octanol–water partition coefficient (Wildman–Crippen LogP) is 1.40. The van der Waals surface area contributed by atoms with E-state index in [0.717, 1.165) is 5.56 Å². The molecule has 7 nitrogen and oxygen atoms in total. The van der Waals surface area contributed by atoms with Gasteiger partial charge in [0.2, 0.25) is 0 Å². The minimum atomic E-state index is -0.419. The lowest BCUT2D eigenvalue weighted by Crippen LogP contribution is -2.17. The van der Waals surface area contributed by atoms with Crippen molar-refractivity contribution >= 4 is 0 Å². The maximum atomic E-state index is 5.84. The first-order chi connectivity index (χ1) is 9.69. The van der Waals surface area contributed by atoms with E-state index in [0.29, 0.717) is 29.8 Å². The molecule has 1 unspecified atom stereocenters. The van der Waals surface area contributed by atoms with Crippen molar-refractivity contribution in [2.24, 2.45) is 5.73 Å². The summed E-state index contributed by atoms with van der Waals surface area (Å²) >= 11 is 0. The first kappa shape index (κ1) is 14.3. The van der Waals surface area contributed by atoms with Crippen LogP contribution in [0.4, 0.5) is 0 Å². The third kappa shape index (κ3) is 2.89. The third-order valence-corrected chi connectivity index (χ3v) is 2.75. The molecule has 0 aliphatic rings. The monoisotopic (exact) mass is 279 g/mol. The SMILES string of the molecule is COCC(N)c1noc(-c2ccc(OC)c(OC)c2)n1. The average molecular weight is 279 g/mol. The van der Waals surface area contributed by atoms with Crippen LogP contribution in [0, 0.1) is 0 Å². The Bertz CT molecular complexity index is 570. The zero-order chi connectivity index (χ0) is 14.5. The molecule has 2 rings (SSSR count). The summed E-state index contributed by atoms with van der Waals surface area (Å²) in [6.07, 6.45) is 0. The second-order valence-corrected chi connectivity index (χ2v) is 4.09. The lowest BCUT2D eigenvalue weighted by atomic mass is 10.2. The fourth-order valence-corrected chi connectivity index (χ4v) is 1.73. The number of hydrogen-bond acceptors (Lipinski definition) is 7. The molecule has 0 saturated carbocycles. The summed E-state index contributed by atoms with van der Waals surface area (Å²) in [7, 11) is 4.71. The van der Waals surface area contributed by atoms with Gasteiger partial charge in [0.15, 0.2) is 17.3 Å². The number of nitrogens with two attached hydrogens (primary N) is 1. The maximum absolute atomic E-state index is 5.84. The van der Waals surface area contributed by atoms with Gasteiger partial charge in [-0.05, 0) is 18.2 Å². The van der Waals surface area contributed by atoms with Gasteiger partial charge in [0.25, 0.3) is 5.89 Å². The molecule has 0 radical (unpaired) electrons. The highest BCUT2D eigenvalue weighted by Gasteiger charge is 2.16. The molecule has 0 aliphatic heterocycles. The van der Waals surface area contributed by atoms with E-state index in [9.17, 15) is 0 Å². The number of ether oxygens (including phenoxy) is 3. The van der Waals surface area contributed by atoms with Gasteiger partial charge in [-0.15, -0.1) is 0 Å². The normalized spacial score (nSPS) is 12.2. The van der Waals surface area contributed by atoms with E-state index >= 15 is 0 Å². The van der Waals surface area contributed by atoms with Crippen LogP contribution in [0.25, 0.3) is 11.5 Å². The molecule has 108 valence electrons. The lowest BCUT2D eigenvalue weighted by Gasteiger charge is -2.07. The Labute approximate surface area is 116 Å². The Kier molecular flexibility index (Phi) is 4.54. The highest BCUT2D eigenvalue weighted by Crippen LogP contribution is 2.31. The number of aromatic nitrogens is 2. The molecule has 0 aliphatic carbocycles. The average Bonchev–Trinajstić information content (AvgIpc) is 2.96. The van der Waals surface area contributed by atoms with Gasteiger partial charge in [0.1, 0.15) is 0 Å². The fourth-order valence-electron chi connectivity index (χ4n) is 1.73. The summed E-state index contributed by atoms with van der Waals surface area (Å²) in [5, 5.41) is 3.85. The predicted molar refractivity (Wildman–Crippen MR) is 71.6 cm³/mol. The summed E-state index contributed by atoms with van der Waals surface area (Å²) in [4.78, 5) is 4.25. The highest BCUT2D eigenvalue weighted by atomic mass is 16.5. The Morgan fingerprint density at radius 1 is 1.20 bits per heavy atom. The van der Waals surface area contributed by atoms with Crippen molar-refractivity contribution in [3.63, 3.8) is 0 Å². The molecule has 7 heteroatoms. The molecule has 0 bridgehead atoms. The van der Waals surface area contributed by atoms with E-state index in [1.165, 1.54) is 0 Å². The van der Waals surface area contributed by atoms with Gasteiger partial charge in [0.05, 0.1) is 26.9 Å². The van der Waals surface area contributed by atoms with Crippen molar-refractivity contribution in [1.82, 2.24) is 10.1 Å². The Balaban J connectivity index is 2.28. The second-order valence-electron chi connectivity index (χ2n) is 4.09. The molecule has 0 spiro atoms. The summed E-state index contributed by atoms with van der Waals surface area (Å²) in [6, 6.07) is 4.92. The smallest absolute Gasteiger partial charge is 0.258 e. The molecule has 20 heavy (non-hydrogen) atoms. The van der Waals surface area contributed by atoms with E-state index in [4.69, 9.17) is 24.5 Å². The van der Waals surface area contributed by atoms with Crippen molar-refractivity contribution in [2.45, 2.75) is 6.04 Å². The fraction of sp³-hybridized carbons (Fsp3) is 0.385. The summed E-state index contributed by atoms with van der Waals surface area (Å²) in [6.45, 7) is 0.324. The Morgan fingerprint density at radius 3 is 2.60 bits per heavy atom. The first-order valence-corrected chi connectivity index (χ1v) is 6.00. The molecular weight excluding hydrogens is 262 g/mol. The van der Waals surface area contributed by atoms with Crippen LogP contribution in [0.2, 0.25) is 0 Å². The van der Waals surface area contributed by atoms with E-state index in [1.807, 2.05) is 0 Å². The van der Waals surface area contributed by atoms with E-state index < -0.39 is 6.04 Å². The van der Waals surface area contributed by atoms with Crippen LogP contribution in [0.1, 0.15) is 11.9 Å². The van der Waals surface area contributed by atoms with Gasteiger partial charge in [-0.1, -0.05) is 5.16 Å². The minimum Gasteiger partial charge on any atom is -0.493 e. The van der Waals surface area contributed by atoms with Crippen molar-refractivity contribution < 1.29 is 18.7 Å². The van der Waals surface area contributed by atoms with Gasteiger partial charge >= 0.3 is 0 Å². The molecule has 0 saturated heterocycles. The van der Waals surface area contributed by atoms with Crippen LogP contribution < -0.4 is 15.2 Å². The zero-order valence-corrected chi connectivity index (χ0v) is 11.6. The zero-order valence-electron chi connectivity index (χ0n) is 11.6. The first-order valence-electron chi connectivity index (χ1n) is 6.00. The third-order valence-electron chi connectivity index (χ3n) is 2.75. The molecule has 0 amide bonds. The summed E-state index contributed by atoms with van der Waals surface area (Å²) < 4.78 is 20.6. The summed E-state index contributed by atoms with van der Waals surface area (Å²) in [5.41, 5.74) is 6.57. The number of methoxy groups -OCH3 is 3. The molecular formula is C13H17N3O4. The van der Waals surface area contributed by atoms with Crippen LogP contribution in [-0.4, -0.2) is 38.1 Å². The standard InChI is InChI=1S/C13H17N3O4/c1-17-7-9(14)12-15-13(20-16-12)8-4-5-10(18-2)11(6-8)19-3/h4-6,9H,7,14H2,1-3H3. The molecule has 1 aromatic heterocycles. The lowest BCUT2D eigenvalue weighted by molar-refractivity contribution is 0.177. The van der Waals surface area contributed by atoms with Gasteiger partial charge in [-0.3, -0.25) is 0 Å². The molecule has 1 aromatic carbocycles.